The van der Waals surface area contributed by atoms with Crippen LogP contribution in [0.5, 0.6) is 0 Å². The van der Waals surface area contributed by atoms with Gasteiger partial charge in [0.25, 0.3) is 0 Å². The first kappa shape index (κ1) is 10.0. The van der Waals surface area contributed by atoms with Gasteiger partial charge >= 0.3 is 0 Å². The molecule has 0 amide bonds. The van der Waals surface area contributed by atoms with Crippen LogP contribution in [-0.2, 0) is 0 Å². The molecule has 0 bridgehead atoms. The van der Waals surface area contributed by atoms with Crippen LogP contribution in [0.15, 0.2) is 24.3 Å². The molecule has 0 saturated carbocycles. The van der Waals surface area contributed by atoms with E-state index in [1.807, 2.05) is 0 Å². The fourth-order valence-corrected chi connectivity index (χ4v) is 1.72. The van der Waals surface area contributed by atoms with Crippen LogP contribution in [0.25, 0.3) is 5.57 Å². The first-order chi connectivity index (χ1) is 6.19. The zero-order valence-corrected chi connectivity index (χ0v) is 9.02. The molecular weight excluding hydrogens is 156 g/mol. The molecule has 0 N–H and O–H groups in total. The number of allylic oxidation sites excluding steroid dienone is 2. The summed E-state index contributed by atoms with van der Waals surface area (Å²) in [4.78, 5) is 0. The first-order valence-electron chi connectivity index (χ1n) is 4.91. The maximum Gasteiger partial charge on any atom is -0.0198 e. The normalized spacial score (nSPS) is 11.8. The highest BCUT2D eigenvalue weighted by Crippen LogP contribution is 2.22. The molecular formula is C13H18. The number of hydrogen-bond acceptors (Lipinski definition) is 0. The Morgan fingerprint density at radius 1 is 1.31 bits per heavy atom. The Kier molecular flexibility index (Phi) is 3.30. The third kappa shape index (κ3) is 2.21. The minimum atomic E-state index is 1.11. The predicted molar refractivity (Wildman–Crippen MR) is 59.9 cm³/mol. The first-order valence-corrected chi connectivity index (χ1v) is 4.91. The number of rotatable bonds is 2. The van der Waals surface area contributed by atoms with Crippen molar-refractivity contribution in [3.05, 3.63) is 41.0 Å². The lowest BCUT2D eigenvalue weighted by atomic mass is 9.97. The van der Waals surface area contributed by atoms with Crippen LogP contribution in [0, 0.1) is 13.8 Å². The van der Waals surface area contributed by atoms with Gasteiger partial charge in [0.15, 0.2) is 0 Å². The molecule has 1 rings (SSSR count). The Labute approximate surface area is 81.3 Å². The molecule has 0 saturated heterocycles. The lowest BCUT2D eigenvalue weighted by Crippen LogP contribution is -1.88. The molecule has 1 aromatic rings. The van der Waals surface area contributed by atoms with E-state index in [1.165, 1.54) is 22.3 Å². The average molecular weight is 174 g/mol. The standard InChI is InChI=1S/C13H18/c1-5-12(6-2)13-8-7-10(3)9-11(13)4/h5,7-9H,6H2,1-4H3/b12-5+. The van der Waals surface area contributed by atoms with Crippen LogP contribution >= 0.6 is 0 Å². The summed E-state index contributed by atoms with van der Waals surface area (Å²) in [5, 5.41) is 0. The van der Waals surface area contributed by atoms with E-state index in [0.717, 1.165) is 6.42 Å². The van der Waals surface area contributed by atoms with E-state index in [1.54, 1.807) is 0 Å². The zero-order chi connectivity index (χ0) is 9.84. The largest absolute Gasteiger partial charge is 0.0838 e. The summed E-state index contributed by atoms with van der Waals surface area (Å²) >= 11 is 0. The van der Waals surface area contributed by atoms with Gasteiger partial charge in [0.2, 0.25) is 0 Å². The average Bonchev–Trinajstić information content (AvgIpc) is 2.10. The van der Waals surface area contributed by atoms with E-state index in [2.05, 4.69) is 52.0 Å². The van der Waals surface area contributed by atoms with Crippen LogP contribution < -0.4 is 0 Å². The van der Waals surface area contributed by atoms with Crippen molar-refractivity contribution in [3.8, 4) is 0 Å². The molecule has 0 heteroatoms. The van der Waals surface area contributed by atoms with E-state index in [0.29, 0.717) is 0 Å². The van der Waals surface area contributed by atoms with Gasteiger partial charge in [0.1, 0.15) is 0 Å². The summed E-state index contributed by atoms with van der Waals surface area (Å²) in [5.41, 5.74) is 5.57. The van der Waals surface area contributed by atoms with Crippen molar-refractivity contribution in [2.45, 2.75) is 34.1 Å². The summed E-state index contributed by atoms with van der Waals surface area (Å²) in [5.74, 6) is 0. The lowest BCUT2D eigenvalue weighted by Gasteiger charge is -2.08. The van der Waals surface area contributed by atoms with E-state index >= 15 is 0 Å². The summed E-state index contributed by atoms with van der Waals surface area (Å²) in [6.07, 6.45) is 3.32. The minimum absolute atomic E-state index is 1.11. The monoisotopic (exact) mass is 174 g/mol. The number of benzene rings is 1. The highest BCUT2D eigenvalue weighted by atomic mass is 14.1. The van der Waals surface area contributed by atoms with Gasteiger partial charge in [-0.05, 0) is 43.9 Å². The molecule has 0 aliphatic heterocycles. The van der Waals surface area contributed by atoms with Crippen molar-refractivity contribution in [3.63, 3.8) is 0 Å². The molecule has 13 heavy (non-hydrogen) atoms. The van der Waals surface area contributed by atoms with Gasteiger partial charge in [-0.15, -0.1) is 0 Å². The summed E-state index contributed by atoms with van der Waals surface area (Å²) < 4.78 is 0. The highest BCUT2D eigenvalue weighted by molar-refractivity contribution is 5.67. The van der Waals surface area contributed by atoms with Crippen molar-refractivity contribution < 1.29 is 0 Å². The molecule has 0 aliphatic rings. The predicted octanol–water partition coefficient (Wildman–Crippen LogP) is 4.12. The van der Waals surface area contributed by atoms with Crippen LogP contribution in [0.2, 0.25) is 0 Å². The van der Waals surface area contributed by atoms with Crippen molar-refractivity contribution in [2.24, 2.45) is 0 Å². The third-order valence-electron chi connectivity index (χ3n) is 2.46. The van der Waals surface area contributed by atoms with E-state index < -0.39 is 0 Å². The Morgan fingerprint density at radius 3 is 2.46 bits per heavy atom. The number of hydrogen-bond donors (Lipinski definition) is 0. The molecule has 70 valence electrons. The Bertz CT molecular complexity index is 319. The van der Waals surface area contributed by atoms with Crippen LogP contribution in [0.3, 0.4) is 0 Å². The minimum Gasteiger partial charge on any atom is -0.0838 e. The van der Waals surface area contributed by atoms with E-state index in [4.69, 9.17) is 0 Å². The molecule has 0 heterocycles. The van der Waals surface area contributed by atoms with Gasteiger partial charge in [-0.2, -0.15) is 0 Å². The Hall–Kier alpha value is -1.04. The van der Waals surface area contributed by atoms with Crippen LogP contribution in [0.4, 0.5) is 0 Å². The third-order valence-corrected chi connectivity index (χ3v) is 2.46. The van der Waals surface area contributed by atoms with E-state index in [9.17, 15) is 0 Å². The SMILES string of the molecule is C/C=C(\CC)c1ccc(C)cc1C. The molecule has 1 aromatic carbocycles. The van der Waals surface area contributed by atoms with Gasteiger partial charge in [-0.1, -0.05) is 36.8 Å². The molecule has 0 aliphatic carbocycles. The Morgan fingerprint density at radius 2 is 2.00 bits per heavy atom. The maximum atomic E-state index is 2.24. The lowest BCUT2D eigenvalue weighted by molar-refractivity contribution is 1.21. The summed E-state index contributed by atoms with van der Waals surface area (Å²) in [7, 11) is 0. The van der Waals surface area contributed by atoms with Gasteiger partial charge in [0, 0.05) is 0 Å². The highest BCUT2D eigenvalue weighted by Gasteiger charge is 2.01. The van der Waals surface area contributed by atoms with Crippen LogP contribution in [0.1, 0.15) is 37.0 Å². The molecule has 0 nitrogen and oxygen atoms in total. The molecule has 0 aromatic heterocycles. The molecule has 0 radical (unpaired) electrons. The van der Waals surface area contributed by atoms with Gasteiger partial charge in [0.05, 0.1) is 0 Å². The van der Waals surface area contributed by atoms with Gasteiger partial charge < -0.3 is 0 Å². The quantitative estimate of drug-likeness (QED) is 0.632. The van der Waals surface area contributed by atoms with Gasteiger partial charge in [-0.25, -0.2) is 0 Å². The topological polar surface area (TPSA) is 0 Å². The summed E-state index contributed by atoms with van der Waals surface area (Å²) in [6, 6.07) is 6.65. The molecule has 0 spiro atoms. The fourth-order valence-electron chi connectivity index (χ4n) is 1.72. The number of aryl methyl sites for hydroxylation is 2. The second-order valence-corrected chi connectivity index (χ2v) is 3.49. The second-order valence-electron chi connectivity index (χ2n) is 3.49. The smallest absolute Gasteiger partial charge is 0.0198 e. The molecule has 0 atom stereocenters. The van der Waals surface area contributed by atoms with Crippen molar-refractivity contribution >= 4 is 5.57 Å². The Balaban J connectivity index is 3.15. The van der Waals surface area contributed by atoms with E-state index in [-0.39, 0.29) is 0 Å². The van der Waals surface area contributed by atoms with Crippen molar-refractivity contribution in [1.82, 2.24) is 0 Å². The molecule has 0 unspecified atom stereocenters. The zero-order valence-electron chi connectivity index (χ0n) is 9.02. The van der Waals surface area contributed by atoms with Crippen LogP contribution in [-0.4, -0.2) is 0 Å². The van der Waals surface area contributed by atoms with Crippen molar-refractivity contribution in [1.29, 1.82) is 0 Å². The fraction of sp³-hybridized carbons (Fsp3) is 0.385. The summed E-state index contributed by atoms with van der Waals surface area (Å²) in [6.45, 7) is 8.63. The molecule has 0 fully saturated rings. The maximum absolute atomic E-state index is 2.24. The van der Waals surface area contributed by atoms with Crippen molar-refractivity contribution in [2.75, 3.05) is 0 Å². The second kappa shape index (κ2) is 4.27. The van der Waals surface area contributed by atoms with Gasteiger partial charge in [-0.3, -0.25) is 0 Å².